The minimum Gasteiger partial charge on any atom is -0.329 e. The van der Waals surface area contributed by atoms with E-state index >= 15 is 0 Å². The van der Waals surface area contributed by atoms with Crippen LogP contribution in [0.15, 0.2) is 24.3 Å². The predicted octanol–water partition coefficient (Wildman–Crippen LogP) is 3.15. The van der Waals surface area contributed by atoms with E-state index < -0.39 is 0 Å². The largest absolute Gasteiger partial charge is 0.329 e. The summed E-state index contributed by atoms with van der Waals surface area (Å²) in [5.74, 6) is 0.618. The fourth-order valence-corrected chi connectivity index (χ4v) is 2.61. The van der Waals surface area contributed by atoms with Crippen molar-refractivity contribution in [2.45, 2.75) is 45.2 Å². The van der Waals surface area contributed by atoms with Crippen LogP contribution in [-0.4, -0.2) is 24.0 Å². The highest BCUT2D eigenvalue weighted by Crippen LogP contribution is 2.20. The van der Waals surface area contributed by atoms with E-state index in [4.69, 9.17) is 5.73 Å². The maximum atomic E-state index is 5.80. The Bertz CT molecular complexity index is 348. The van der Waals surface area contributed by atoms with Crippen LogP contribution in [0, 0.1) is 0 Å². The van der Waals surface area contributed by atoms with E-state index in [1.54, 1.807) is 0 Å². The molecule has 0 spiro atoms. The summed E-state index contributed by atoms with van der Waals surface area (Å²) >= 11 is 0. The van der Waals surface area contributed by atoms with Gasteiger partial charge in [-0.1, -0.05) is 38.1 Å². The van der Waals surface area contributed by atoms with Crippen molar-refractivity contribution in [1.82, 2.24) is 4.90 Å². The Balaban J connectivity index is 0.00000162. The molecule has 1 fully saturated rings. The Morgan fingerprint density at radius 2 is 1.94 bits per heavy atom. The van der Waals surface area contributed by atoms with E-state index in [9.17, 15) is 0 Å². The lowest BCUT2D eigenvalue weighted by Gasteiger charge is -2.23. The molecule has 0 bridgehead atoms. The Kier molecular flexibility index (Phi) is 6.13. The molecule has 0 aromatic heterocycles. The van der Waals surface area contributed by atoms with Crippen LogP contribution in [0.4, 0.5) is 0 Å². The second kappa shape index (κ2) is 7.13. The summed E-state index contributed by atoms with van der Waals surface area (Å²) in [4.78, 5) is 2.52. The number of benzene rings is 1. The lowest BCUT2D eigenvalue weighted by molar-refractivity contribution is 0.250. The molecule has 1 unspecified atom stereocenters. The molecule has 2 nitrogen and oxygen atoms in total. The summed E-state index contributed by atoms with van der Waals surface area (Å²) in [5, 5.41) is 0. The third-order valence-corrected chi connectivity index (χ3v) is 3.80. The highest BCUT2D eigenvalue weighted by molar-refractivity contribution is 5.85. The first-order valence-electron chi connectivity index (χ1n) is 6.73. The molecule has 1 atom stereocenters. The number of hydrogen-bond donors (Lipinski definition) is 1. The van der Waals surface area contributed by atoms with Gasteiger partial charge in [-0.2, -0.15) is 0 Å². The van der Waals surface area contributed by atoms with E-state index in [-0.39, 0.29) is 12.4 Å². The lowest BCUT2D eigenvalue weighted by Crippen LogP contribution is -2.34. The van der Waals surface area contributed by atoms with Gasteiger partial charge in [0.2, 0.25) is 0 Å². The topological polar surface area (TPSA) is 29.3 Å². The van der Waals surface area contributed by atoms with Gasteiger partial charge in [0.25, 0.3) is 0 Å². The zero-order valence-electron chi connectivity index (χ0n) is 11.4. The lowest BCUT2D eigenvalue weighted by atomic mass is 10.0. The summed E-state index contributed by atoms with van der Waals surface area (Å²) in [6.07, 6.45) is 2.56. The van der Waals surface area contributed by atoms with Crippen LogP contribution in [0.25, 0.3) is 0 Å². The van der Waals surface area contributed by atoms with E-state index in [1.165, 1.54) is 30.5 Å². The molecular formula is C15H25ClN2. The highest BCUT2D eigenvalue weighted by Gasteiger charge is 2.22. The van der Waals surface area contributed by atoms with Crippen molar-refractivity contribution >= 4 is 12.4 Å². The third kappa shape index (κ3) is 3.71. The molecule has 18 heavy (non-hydrogen) atoms. The molecule has 0 amide bonds. The van der Waals surface area contributed by atoms with Gasteiger partial charge >= 0.3 is 0 Å². The quantitative estimate of drug-likeness (QED) is 0.909. The molecule has 1 aromatic carbocycles. The Morgan fingerprint density at radius 3 is 2.50 bits per heavy atom. The van der Waals surface area contributed by atoms with Gasteiger partial charge in [-0.05, 0) is 36.4 Å². The number of nitrogens with two attached hydrogens (primary N) is 1. The first-order valence-corrected chi connectivity index (χ1v) is 6.73. The average molecular weight is 269 g/mol. The van der Waals surface area contributed by atoms with Crippen molar-refractivity contribution < 1.29 is 0 Å². The van der Waals surface area contributed by atoms with Gasteiger partial charge in [-0.15, -0.1) is 12.4 Å². The van der Waals surface area contributed by atoms with Crippen molar-refractivity contribution in [3.05, 3.63) is 35.4 Å². The fraction of sp³-hybridized carbons (Fsp3) is 0.600. The van der Waals surface area contributed by atoms with Gasteiger partial charge in [0.1, 0.15) is 0 Å². The van der Waals surface area contributed by atoms with Crippen LogP contribution in [0.1, 0.15) is 43.7 Å². The molecule has 102 valence electrons. The van der Waals surface area contributed by atoms with Gasteiger partial charge in [-0.3, -0.25) is 4.90 Å². The van der Waals surface area contributed by atoms with E-state index in [1.807, 2.05) is 0 Å². The summed E-state index contributed by atoms with van der Waals surface area (Å²) in [7, 11) is 0. The summed E-state index contributed by atoms with van der Waals surface area (Å²) in [6.45, 7) is 7.53. The summed E-state index contributed by atoms with van der Waals surface area (Å²) < 4.78 is 0. The van der Waals surface area contributed by atoms with Crippen molar-refractivity contribution in [3.63, 3.8) is 0 Å². The van der Waals surface area contributed by atoms with Gasteiger partial charge in [0, 0.05) is 19.1 Å². The maximum absolute atomic E-state index is 5.80. The Hall–Kier alpha value is -0.570. The number of hydrogen-bond acceptors (Lipinski definition) is 2. The molecule has 0 aliphatic carbocycles. The number of likely N-dealkylation sites (tertiary alicyclic amines) is 1. The molecule has 2 rings (SSSR count). The predicted molar refractivity (Wildman–Crippen MR) is 80.3 cm³/mol. The molecule has 1 saturated heterocycles. The van der Waals surface area contributed by atoms with Crippen molar-refractivity contribution in [2.75, 3.05) is 13.1 Å². The van der Waals surface area contributed by atoms with Crippen molar-refractivity contribution in [3.8, 4) is 0 Å². The van der Waals surface area contributed by atoms with Crippen LogP contribution in [-0.2, 0) is 6.54 Å². The van der Waals surface area contributed by atoms with Crippen LogP contribution >= 0.6 is 12.4 Å². The minimum absolute atomic E-state index is 0. The van der Waals surface area contributed by atoms with Crippen LogP contribution in [0.5, 0.6) is 0 Å². The Labute approximate surface area is 117 Å². The van der Waals surface area contributed by atoms with Crippen LogP contribution in [0.3, 0.4) is 0 Å². The zero-order chi connectivity index (χ0) is 12.3. The van der Waals surface area contributed by atoms with Crippen molar-refractivity contribution in [2.24, 2.45) is 5.73 Å². The fourth-order valence-electron chi connectivity index (χ4n) is 2.61. The van der Waals surface area contributed by atoms with E-state index in [0.29, 0.717) is 12.0 Å². The minimum atomic E-state index is 0. The van der Waals surface area contributed by atoms with E-state index in [2.05, 4.69) is 43.0 Å². The molecule has 1 aliphatic heterocycles. The summed E-state index contributed by atoms with van der Waals surface area (Å²) in [5.41, 5.74) is 8.63. The first kappa shape index (κ1) is 15.5. The van der Waals surface area contributed by atoms with Gasteiger partial charge in [0.05, 0.1) is 0 Å². The molecule has 1 heterocycles. The first-order chi connectivity index (χ1) is 8.20. The second-order valence-electron chi connectivity index (χ2n) is 5.40. The smallest absolute Gasteiger partial charge is 0.0237 e. The third-order valence-electron chi connectivity index (χ3n) is 3.80. The number of nitrogens with zero attached hydrogens (tertiary/aromatic N) is 1. The maximum Gasteiger partial charge on any atom is 0.0237 e. The second-order valence-corrected chi connectivity index (χ2v) is 5.40. The Morgan fingerprint density at radius 1 is 1.28 bits per heavy atom. The normalized spacial score (nSPS) is 20.1. The average Bonchev–Trinajstić information content (AvgIpc) is 2.77. The summed E-state index contributed by atoms with van der Waals surface area (Å²) in [6, 6.07) is 9.64. The SMILES string of the molecule is CC(C)c1ccc(CN2CCCC2CN)cc1.Cl. The van der Waals surface area contributed by atoms with Gasteiger partial charge in [-0.25, -0.2) is 0 Å². The van der Waals surface area contributed by atoms with E-state index in [0.717, 1.165) is 13.1 Å². The van der Waals surface area contributed by atoms with Crippen LogP contribution in [0.2, 0.25) is 0 Å². The van der Waals surface area contributed by atoms with Crippen LogP contribution < -0.4 is 5.73 Å². The molecular weight excluding hydrogens is 244 g/mol. The highest BCUT2D eigenvalue weighted by atomic mass is 35.5. The van der Waals surface area contributed by atoms with Crippen molar-refractivity contribution in [1.29, 1.82) is 0 Å². The molecule has 3 heteroatoms. The van der Waals surface area contributed by atoms with Gasteiger partial charge in [0.15, 0.2) is 0 Å². The molecule has 2 N–H and O–H groups in total. The molecule has 0 saturated carbocycles. The molecule has 0 radical (unpaired) electrons. The monoisotopic (exact) mass is 268 g/mol. The standard InChI is InChI=1S/C15H24N2.ClH/c1-12(2)14-7-5-13(6-8-14)11-17-9-3-4-15(17)10-16;/h5-8,12,15H,3-4,9-11,16H2,1-2H3;1H. The zero-order valence-corrected chi connectivity index (χ0v) is 12.2. The molecule has 1 aliphatic rings. The number of halogens is 1. The molecule has 1 aromatic rings. The van der Waals surface area contributed by atoms with Gasteiger partial charge < -0.3 is 5.73 Å². The number of rotatable bonds is 4.